The maximum Gasteiger partial charge on any atom is 0.163 e. The molecule has 0 atom stereocenters. The zero-order valence-corrected chi connectivity index (χ0v) is 19.9. The molecule has 4 aromatic rings. The van der Waals surface area contributed by atoms with Gasteiger partial charge in [0.1, 0.15) is 11.8 Å². The molecule has 2 aromatic carbocycles. The third kappa shape index (κ3) is 5.56. The number of aromatic nitrogens is 3. The van der Waals surface area contributed by atoms with Crippen molar-refractivity contribution in [3.8, 4) is 11.5 Å². The summed E-state index contributed by atoms with van der Waals surface area (Å²) in [5.74, 6) is 1.59. The molecule has 174 valence electrons. The monoisotopic (exact) mass is 446 g/mol. The summed E-state index contributed by atoms with van der Waals surface area (Å²) in [6.07, 6.45) is 8.37. The number of aryl methyl sites for hydroxylation is 1. The van der Waals surface area contributed by atoms with Crippen LogP contribution in [-0.4, -0.2) is 28.2 Å². The van der Waals surface area contributed by atoms with E-state index < -0.39 is 0 Å². The molecule has 33 heavy (non-hydrogen) atoms. The first kappa shape index (κ1) is 22.9. The number of pyridine rings is 1. The fourth-order valence-corrected chi connectivity index (χ4v) is 4.02. The summed E-state index contributed by atoms with van der Waals surface area (Å²) in [5.41, 5.74) is 5.80. The molecule has 0 aliphatic rings. The molecule has 0 fully saturated rings. The fraction of sp³-hybridized carbons (Fsp3) is 0.407. The minimum Gasteiger partial charge on any atom is -0.490 e. The number of H-pyrrole nitrogens is 1. The molecule has 0 saturated heterocycles. The van der Waals surface area contributed by atoms with Crippen molar-refractivity contribution in [2.45, 2.75) is 59.3 Å². The Kier molecular flexibility index (Phi) is 7.66. The molecule has 2 aromatic heterocycles. The van der Waals surface area contributed by atoms with Gasteiger partial charge in [0.25, 0.3) is 0 Å². The van der Waals surface area contributed by atoms with E-state index in [0.717, 1.165) is 69.8 Å². The molecule has 0 saturated carbocycles. The van der Waals surface area contributed by atoms with Gasteiger partial charge in [0.2, 0.25) is 0 Å². The number of nitrogens with one attached hydrogen (secondary N) is 2. The second kappa shape index (κ2) is 11.0. The van der Waals surface area contributed by atoms with E-state index in [2.05, 4.69) is 53.2 Å². The van der Waals surface area contributed by atoms with Gasteiger partial charge < -0.3 is 19.8 Å². The molecule has 0 bridgehead atoms. The Morgan fingerprint density at radius 2 is 1.61 bits per heavy atom. The van der Waals surface area contributed by atoms with Gasteiger partial charge in [-0.15, -0.1) is 0 Å². The van der Waals surface area contributed by atoms with Gasteiger partial charge >= 0.3 is 0 Å². The normalized spacial score (nSPS) is 11.2. The molecule has 2 N–H and O–H groups in total. The first-order valence-electron chi connectivity index (χ1n) is 12.1. The number of aromatic amines is 1. The SMILES string of the molecule is CCCCCOc1ccc(Nc2cc(C)[nH]c3ccc4ncnc4c23)cc1OCCCCC. The van der Waals surface area contributed by atoms with Gasteiger partial charge in [0, 0.05) is 28.4 Å². The molecule has 6 nitrogen and oxygen atoms in total. The number of hydrogen-bond acceptors (Lipinski definition) is 5. The van der Waals surface area contributed by atoms with Crippen LogP contribution < -0.4 is 14.8 Å². The summed E-state index contributed by atoms with van der Waals surface area (Å²) in [6.45, 7) is 7.85. The summed E-state index contributed by atoms with van der Waals surface area (Å²) < 4.78 is 12.2. The average Bonchev–Trinajstić information content (AvgIpc) is 3.29. The first-order valence-corrected chi connectivity index (χ1v) is 12.1. The Morgan fingerprint density at radius 3 is 2.36 bits per heavy atom. The molecule has 0 radical (unpaired) electrons. The van der Waals surface area contributed by atoms with Crippen molar-refractivity contribution in [2.75, 3.05) is 18.5 Å². The molecule has 0 unspecified atom stereocenters. The Balaban J connectivity index is 1.63. The highest BCUT2D eigenvalue weighted by molar-refractivity contribution is 6.10. The van der Waals surface area contributed by atoms with Crippen LogP contribution in [0, 0.1) is 6.92 Å². The van der Waals surface area contributed by atoms with Crippen LogP contribution in [0.1, 0.15) is 58.1 Å². The van der Waals surface area contributed by atoms with Gasteiger partial charge in [0.15, 0.2) is 11.5 Å². The Hall–Kier alpha value is -3.28. The fourth-order valence-electron chi connectivity index (χ4n) is 4.02. The lowest BCUT2D eigenvalue weighted by Crippen LogP contribution is -2.03. The van der Waals surface area contributed by atoms with Crippen LogP contribution in [0.4, 0.5) is 11.4 Å². The van der Waals surface area contributed by atoms with Gasteiger partial charge in [-0.2, -0.15) is 0 Å². The Morgan fingerprint density at radius 1 is 0.848 bits per heavy atom. The zero-order chi connectivity index (χ0) is 23.0. The van der Waals surface area contributed by atoms with Crippen molar-refractivity contribution in [1.29, 1.82) is 0 Å². The lowest BCUT2D eigenvalue weighted by molar-refractivity contribution is 0.260. The molecule has 0 aliphatic heterocycles. The van der Waals surface area contributed by atoms with Gasteiger partial charge in [-0.25, -0.2) is 9.97 Å². The van der Waals surface area contributed by atoms with Gasteiger partial charge in [-0.3, -0.25) is 0 Å². The molecule has 0 amide bonds. The number of nitrogens with zero attached hydrogens (tertiary/aromatic N) is 2. The smallest absolute Gasteiger partial charge is 0.163 e. The van der Waals surface area contributed by atoms with E-state index in [1.807, 2.05) is 24.3 Å². The maximum absolute atomic E-state index is 6.15. The van der Waals surface area contributed by atoms with E-state index in [0.29, 0.717) is 13.2 Å². The summed E-state index contributed by atoms with van der Waals surface area (Å²) in [4.78, 5) is 12.3. The Labute approximate surface area is 195 Å². The van der Waals surface area contributed by atoms with Crippen molar-refractivity contribution in [3.05, 3.63) is 48.4 Å². The lowest BCUT2D eigenvalue weighted by Gasteiger charge is -2.16. The van der Waals surface area contributed by atoms with Crippen molar-refractivity contribution < 1.29 is 9.47 Å². The van der Waals surface area contributed by atoms with E-state index in [4.69, 9.17) is 9.47 Å². The predicted octanol–water partition coefficient (Wildman–Crippen LogP) is 7.30. The summed E-state index contributed by atoms with van der Waals surface area (Å²) in [5, 5.41) is 4.62. The summed E-state index contributed by atoms with van der Waals surface area (Å²) in [6, 6.07) is 12.2. The third-order valence-corrected chi connectivity index (χ3v) is 5.74. The summed E-state index contributed by atoms with van der Waals surface area (Å²) in [7, 11) is 0. The molecule has 0 aliphatic carbocycles. The van der Waals surface area contributed by atoms with Gasteiger partial charge in [0.05, 0.1) is 24.4 Å². The largest absolute Gasteiger partial charge is 0.490 e. The molecule has 6 heteroatoms. The van der Waals surface area contributed by atoms with Crippen molar-refractivity contribution in [3.63, 3.8) is 0 Å². The number of fused-ring (bicyclic) bond motifs is 3. The summed E-state index contributed by atoms with van der Waals surface area (Å²) >= 11 is 0. The number of hydrogen-bond donors (Lipinski definition) is 2. The van der Waals surface area contributed by atoms with Crippen LogP contribution in [0.15, 0.2) is 42.7 Å². The van der Waals surface area contributed by atoms with Crippen LogP contribution in [0.2, 0.25) is 0 Å². The maximum atomic E-state index is 6.15. The number of rotatable bonds is 12. The van der Waals surface area contributed by atoms with E-state index in [1.165, 1.54) is 19.3 Å². The van der Waals surface area contributed by atoms with Crippen LogP contribution in [0.3, 0.4) is 0 Å². The standard InChI is InChI=1S/C27H34N4O2/c1-4-6-8-14-32-24-13-10-20(17-25(24)33-15-9-7-5-2)31-23-16-19(3)30-21-11-12-22-27(26(21)23)29-18-28-22/h10-13,16-18,30-31H,4-9,14-15H2,1-3H3. The highest BCUT2D eigenvalue weighted by Crippen LogP contribution is 2.35. The molecule has 0 spiro atoms. The predicted molar refractivity (Wildman–Crippen MR) is 136 cm³/mol. The highest BCUT2D eigenvalue weighted by atomic mass is 16.5. The number of imidazole rings is 1. The second-order valence-electron chi connectivity index (χ2n) is 8.49. The second-order valence-corrected chi connectivity index (χ2v) is 8.49. The topological polar surface area (TPSA) is 72.1 Å². The third-order valence-electron chi connectivity index (χ3n) is 5.74. The van der Waals surface area contributed by atoms with Gasteiger partial charge in [-0.1, -0.05) is 39.5 Å². The van der Waals surface area contributed by atoms with Crippen molar-refractivity contribution >= 4 is 33.3 Å². The zero-order valence-electron chi connectivity index (χ0n) is 19.9. The minimum atomic E-state index is 0.689. The van der Waals surface area contributed by atoms with E-state index in [1.54, 1.807) is 6.33 Å². The molecule has 4 rings (SSSR count). The quantitative estimate of drug-likeness (QED) is 0.223. The van der Waals surface area contributed by atoms with Crippen molar-refractivity contribution in [1.82, 2.24) is 15.0 Å². The minimum absolute atomic E-state index is 0.689. The van der Waals surface area contributed by atoms with Crippen LogP contribution in [0.25, 0.3) is 21.9 Å². The molecular weight excluding hydrogens is 412 g/mol. The first-order chi connectivity index (χ1) is 16.2. The molecular formula is C27H34N4O2. The number of ether oxygens (including phenoxy) is 2. The van der Waals surface area contributed by atoms with E-state index in [-0.39, 0.29) is 0 Å². The van der Waals surface area contributed by atoms with Crippen LogP contribution in [-0.2, 0) is 0 Å². The van der Waals surface area contributed by atoms with E-state index >= 15 is 0 Å². The van der Waals surface area contributed by atoms with Crippen LogP contribution >= 0.6 is 0 Å². The number of anilines is 2. The Bertz CT molecular complexity index is 1200. The van der Waals surface area contributed by atoms with E-state index in [9.17, 15) is 0 Å². The average molecular weight is 447 g/mol. The van der Waals surface area contributed by atoms with Crippen LogP contribution in [0.5, 0.6) is 11.5 Å². The molecule has 2 heterocycles. The number of benzene rings is 2. The lowest BCUT2D eigenvalue weighted by atomic mass is 10.1. The number of unbranched alkanes of at least 4 members (excludes halogenated alkanes) is 4. The highest BCUT2D eigenvalue weighted by Gasteiger charge is 2.12. The van der Waals surface area contributed by atoms with Gasteiger partial charge in [-0.05, 0) is 50.1 Å². The van der Waals surface area contributed by atoms with Crippen molar-refractivity contribution in [2.24, 2.45) is 0 Å².